The van der Waals surface area contributed by atoms with Gasteiger partial charge in [0.2, 0.25) is 5.79 Å². The van der Waals surface area contributed by atoms with Crippen LogP contribution in [0.25, 0.3) is 0 Å². The van der Waals surface area contributed by atoms with Gasteiger partial charge < -0.3 is 86.4 Å². The molecule has 16 fully saturated rings. The zero-order valence-corrected chi connectivity index (χ0v) is 46.0. The molecule has 0 aromatic rings. The normalized spacial score (nSPS) is 58.4. The van der Waals surface area contributed by atoms with Crippen LogP contribution in [0.4, 0.5) is 0 Å². The molecule has 20 heteroatoms. The van der Waals surface area contributed by atoms with E-state index >= 15 is 0 Å². The number of aliphatic hydroxyl groups is 2. The molecule has 0 radical (unpaired) electrons. The minimum absolute atomic E-state index is 0.00147. The number of hydrogen-bond donors (Lipinski definition) is 3. The molecular weight excluding hydrogens is 1030 g/mol. The van der Waals surface area contributed by atoms with E-state index in [9.17, 15) is 24.9 Å². The maximum absolute atomic E-state index is 14.6. The molecule has 16 rings (SSSR count). The number of carboxylic acids is 1. The lowest BCUT2D eigenvalue weighted by atomic mass is 9.78. The fraction of sp³-hybridized carbons (Fsp3) is 0.898. The van der Waals surface area contributed by atoms with Gasteiger partial charge in [0.15, 0.2) is 17.4 Å². The smallest absolute Gasteiger partial charge is 0.308 e. The lowest BCUT2D eigenvalue weighted by Gasteiger charge is -2.54. The predicted molar refractivity (Wildman–Crippen MR) is 269 cm³/mol. The second-order valence-corrected chi connectivity index (χ2v) is 27.3. The van der Waals surface area contributed by atoms with Gasteiger partial charge >= 0.3 is 11.9 Å². The van der Waals surface area contributed by atoms with Crippen LogP contribution in [-0.2, 0) is 80.6 Å². The SMILES string of the molecule is C=C1C[C@@H]2CC[C@@]34CC5(O)O[C@@H]6C(O[C@H]7CC[C@H](CC(=O)O[C@@H]8[C@@H](C)[C@@H]9O[C@@H]%10C[C@]%11(C[C@@H]%12O[C@]%13(C[C@H](C)[C@@H]%14O[C@H](CC(=O)O)[C@H](O)C[C@@H]%14O%13)C[C@H](C)[C@@H]%12O%11)O[C@@H]%10C[C@@H]9O[C@H]8C[C@H]8O[C@@H](CC[C@@H]1O2)C[C@@H](C)C8=C)O[C@@H]7[C@@H]6O3)[C@@H]5O4. The van der Waals surface area contributed by atoms with E-state index in [2.05, 4.69) is 40.9 Å². The minimum atomic E-state index is -1.55. The number of aliphatic carboxylic acids is 1. The van der Waals surface area contributed by atoms with Crippen LogP contribution in [0.2, 0.25) is 0 Å². The average molecular weight is 1110 g/mol. The van der Waals surface area contributed by atoms with Crippen molar-refractivity contribution in [3.8, 4) is 0 Å². The topological polar surface area (TPSA) is 233 Å². The second kappa shape index (κ2) is 19.4. The second-order valence-electron chi connectivity index (χ2n) is 27.3. The summed E-state index contributed by atoms with van der Waals surface area (Å²) in [6.07, 6.45) is -1.35. The molecule has 16 heterocycles. The van der Waals surface area contributed by atoms with Crippen LogP contribution in [0.1, 0.15) is 143 Å². The van der Waals surface area contributed by atoms with Crippen molar-refractivity contribution in [1.82, 2.24) is 0 Å². The third-order valence-electron chi connectivity index (χ3n) is 21.7. The van der Waals surface area contributed by atoms with Crippen molar-refractivity contribution in [2.75, 3.05) is 0 Å². The van der Waals surface area contributed by atoms with Crippen molar-refractivity contribution in [3.63, 3.8) is 0 Å². The van der Waals surface area contributed by atoms with Crippen LogP contribution in [-0.4, -0.2) is 191 Å². The summed E-state index contributed by atoms with van der Waals surface area (Å²) >= 11 is 0. The Morgan fingerprint density at radius 3 is 2.09 bits per heavy atom. The molecule has 16 aliphatic heterocycles. The molecule has 0 aromatic carbocycles. The van der Waals surface area contributed by atoms with E-state index in [0.717, 1.165) is 36.8 Å². The van der Waals surface area contributed by atoms with E-state index in [0.29, 0.717) is 64.2 Å². The molecule has 2 unspecified atom stereocenters. The highest BCUT2D eigenvalue weighted by Gasteiger charge is 2.75. The van der Waals surface area contributed by atoms with E-state index in [4.69, 9.17) is 71.1 Å². The number of rotatable bonds is 2. The Morgan fingerprint density at radius 2 is 1.25 bits per heavy atom. The summed E-state index contributed by atoms with van der Waals surface area (Å²) in [6, 6.07) is 0. The highest BCUT2D eigenvalue weighted by Crippen LogP contribution is 2.59. The summed E-state index contributed by atoms with van der Waals surface area (Å²) in [5.74, 6) is -5.97. The van der Waals surface area contributed by atoms with Gasteiger partial charge in [-0.2, -0.15) is 0 Å². The fourth-order valence-electron chi connectivity index (χ4n) is 18.0. The lowest BCUT2D eigenvalue weighted by molar-refractivity contribution is -0.371. The summed E-state index contributed by atoms with van der Waals surface area (Å²) in [5.41, 5.74) is 2.07. The summed E-state index contributed by atoms with van der Waals surface area (Å²) in [7, 11) is 0. The van der Waals surface area contributed by atoms with Crippen molar-refractivity contribution >= 4 is 11.9 Å². The van der Waals surface area contributed by atoms with E-state index in [1.165, 1.54) is 0 Å². The van der Waals surface area contributed by atoms with Gasteiger partial charge in [-0.25, -0.2) is 0 Å². The zero-order chi connectivity index (χ0) is 54.2. The van der Waals surface area contributed by atoms with E-state index in [-0.39, 0.29) is 116 Å². The van der Waals surface area contributed by atoms with Crippen LogP contribution in [0.5, 0.6) is 0 Å². The number of carbonyl (C=O) groups is 2. The molecule has 31 atom stereocenters. The van der Waals surface area contributed by atoms with Crippen LogP contribution < -0.4 is 0 Å². The van der Waals surface area contributed by atoms with Crippen molar-refractivity contribution in [3.05, 3.63) is 24.3 Å². The van der Waals surface area contributed by atoms with Crippen LogP contribution in [0, 0.1) is 23.7 Å². The molecule has 0 aliphatic carbocycles. The number of hydrogen-bond acceptors (Lipinski definition) is 19. The Hall–Kier alpha value is -2.22. The van der Waals surface area contributed by atoms with E-state index in [1.54, 1.807) is 0 Å². The molecule has 438 valence electrons. The zero-order valence-electron chi connectivity index (χ0n) is 46.0. The first-order valence-corrected chi connectivity index (χ1v) is 30.3. The van der Waals surface area contributed by atoms with Crippen LogP contribution in [0.15, 0.2) is 24.3 Å². The molecule has 0 amide bonds. The first-order valence-electron chi connectivity index (χ1n) is 30.3. The van der Waals surface area contributed by atoms with Crippen LogP contribution >= 0.6 is 0 Å². The standard InChI is InChI=1S/C59H82O20/c1-25-13-31-7-9-35-26(2)14-33(65-35)11-12-56-24-59(64)55(79-56)54-53(78-59)52(77-56)51-36(69-54)10-8-32(67-51)15-46(63)72-50-30(6)49-41(68-40(50)17-37(66-31)29(25)5)18-39-43(71-49)22-58(73-39)23-44-48(76-58)28(4)21-57(75-44)20-27(3)47-42(74-57)16-34(60)38(70-47)19-45(61)62/h25,27-28,30-44,47-55,60,64H,2,5,7-24H2,1,3-4,6H3,(H,61,62)/t25-,27+,28+,30+,31+,32-,33+,34-,35+,36+,37-,38-,39-,40+,41+,42+,43-,44+,47+,48+,49+,50-,51+,52+,53+,54?,55+,56-,57-,58+,59?/m1/s1. The molecule has 20 nitrogen and oxygen atoms in total. The molecular formula is C59H82O20. The Kier molecular flexibility index (Phi) is 13.1. The molecule has 79 heavy (non-hydrogen) atoms. The monoisotopic (exact) mass is 1110 g/mol. The van der Waals surface area contributed by atoms with Gasteiger partial charge in [0.05, 0.1) is 123 Å². The third kappa shape index (κ3) is 9.11. The number of carboxylic acid groups (broad SMARTS) is 1. The summed E-state index contributed by atoms with van der Waals surface area (Å²) in [5, 5.41) is 32.3. The van der Waals surface area contributed by atoms with E-state index < -0.39 is 108 Å². The highest BCUT2D eigenvalue weighted by atomic mass is 16.8. The van der Waals surface area contributed by atoms with Gasteiger partial charge in [0.25, 0.3) is 0 Å². The largest absolute Gasteiger partial charge is 0.481 e. The van der Waals surface area contributed by atoms with Gasteiger partial charge in [-0.3, -0.25) is 9.59 Å². The third-order valence-corrected chi connectivity index (χ3v) is 21.7. The first-order chi connectivity index (χ1) is 37.8. The number of aliphatic hydroxyl groups excluding tert-OH is 1. The molecule has 3 N–H and O–H groups in total. The molecule has 0 aromatic heterocycles. The molecule has 12 bridgehead atoms. The van der Waals surface area contributed by atoms with Crippen molar-refractivity contribution in [1.29, 1.82) is 0 Å². The predicted octanol–water partition coefficient (Wildman–Crippen LogP) is 4.98. The molecule has 16 saturated heterocycles. The molecule has 3 spiro atoms. The average Bonchev–Trinajstić information content (AvgIpc) is 2.86. The number of carbonyl (C=O) groups excluding carboxylic acids is 1. The number of ether oxygens (including phenoxy) is 15. The highest BCUT2D eigenvalue weighted by molar-refractivity contribution is 5.70. The molecule has 16 aliphatic rings. The Morgan fingerprint density at radius 1 is 0.557 bits per heavy atom. The quantitative estimate of drug-likeness (QED) is 0.245. The van der Waals surface area contributed by atoms with Gasteiger partial charge in [-0.05, 0) is 73.8 Å². The Balaban J connectivity index is 0.663. The minimum Gasteiger partial charge on any atom is -0.481 e. The van der Waals surface area contributed by atoms with E-state index in [1.807, 2.05) is 0 Å². The summed E-state index contributed by atoms with van der Waals surface area (Å²) in [6.45, 7) is 17.6. The van der Waals surface area contributed by atoms with Gasteiger partial charge in [0.1, 0.15) is 36.6 Å². The van der Waals surface area contributed by atoms with Gasteiger partial charge in [-0.1, -0.05) is 40.9 Å². The lowest BCUT2D eigenvalue weighted by Crippen LogP contribution is -2.62. The molecule has 0 saturated carbocycles. The van der Waals surface area contributed by atoms with Crippen molar-refractivity contribution < 1.29 is 96.0 Å². The maximum Gasteiger partial charge on any atom is 0.308 e. The van der Waals surface area contributed by atoms with Crippen molar-refractivity contribution in [2.45, 2.75) is 307 Å². The van der Waals surface area contributed by atoms with Gasteiger partial charge in [-0.15, -0.1) is 0 Å². The summed E-state index contributed by atoms with van der Waals surface area (Å²) < 4.78 is 102. The number of fused-ring (bicyclic) bond motifs is 10. The maximum atomic E-state index is 14.6. The van der Waals surface area contributed by atoms with Crippen molar-refractivity contribution in [2.24, 2.45) is 23.7 Å². The summed E-state index contributed by atoms with van der Waals surface area (Å²) in [4.78, 5) is 26.1. The Bertz CT molecular complexity index is 2430. The number of esters is 1. The van der Waals surface area contributed by atoms with Crippen LogP contribution in [0.3, 0.4) is 0 Å². The van der Waals surface area contributed by atoms with Gasteiger partial charge in [0, 0.05) is 57.3 Å². The Labute approximate surface area is 461 Å². The first kappa shape index (κ1) is 53.5. The fourth-order valence-corrected chi connectivity index (χ4v) is 18.0.